The lowest BCUT2D eigenvalue weighted by atomic mass is 9.92. The molecule has 3 aromatic rings. The molecule has 180 valence electrons. The van der Waals surface area contributed by atoms with Crippen LogP contribution in [0.15, 0.2) is 54.9 Å². The summed E-state index contributed by atoms with van der Waals surface area (Å²) in [5.41, 5.74) is 8.26. The Labute approximate surface area is 200 Å². The second-order valence-corrected chi connectivity index (χ2v) is 8.69. The lowest BCUT2D eigenvalue weighted by Crippen LogP contribution is -2.33. The van der Waals surface area contributed by atoms with Crippen LogP contribution < -0.4 is 21.1 Å². The fourth-order valence-electron chi connectivity index (χ4n) is 3.95. The molecule has 1 aliphatic rings. The first-order chi connectivity index (χ1) is 16.2. The second kappa shape index (κ2) is 10.5. The maximum atomic E-state index is 12.5. The average Bonchev–Trinajstić information content (AvgIpc) is 2.80. The van der Waals surface area contributed by atoms with Crippen LogP contribution >= 0.6 is 11.6 Å². The van der Waals surface area contributed by atoms with Gasteiger partial charge in [-0.05, 0) is 67.1 Å². The number of benzene rings is 1. The van der Waals surface area contributed by atoms with E-state index in [9.17, 15) is 13.2 Å². The van der Waals surface area contributed by atoms with E-state index in [-0.39, 0.29) is 18.3 Å². The highest BCUT2D eigenvalue weighted by atomic mass is 35.5. The number of hydrogen-bond donors (Lipinski definition) is 3. The number of nitrogens with one attached hydrogen (secondary N) is 2. The van der Waals surface area contributed by atoms with E-state index in [0.717, 1.165) is 42.6 Å². The highest BCUT2D eigenvalue weighted by Crippen LogP contribution is 2.31. The fourth-order valence-corrected chi connectivity index (χ4v) is 4.16. The summed E-state index contributed by atoms with van der Waals surface area (Å²) in [5.74, 6) is 1.04. The Balaban J connectivity index is 1.45. The Bertz CT molecular complexity index is 1120. The summed E-state index contributed by atoms with van der Waals surface area (Å²) in [5, 5.41) is 7.11. The molecule has 34 heavy (non-hydrogen) atoms. The van der Waals surface area contributed by atoms with Gasteiger partial charge >= 0.3 is 6.36 Å². The smallest absolute Gasteiger partial charge is 0.406 e. The molecule has 4 rings (SSSR count). The van der Waals surface area contributed by atoms with Gasteiger partial charge in [0.15, 0.2) is 0 Å². The standard InChI is InChI=1S/C24H25ClF3N5O/c25-21-14-32-23(33-18-6-4-17(29)5-7-18)12-20(21)16-8-9-30-22(11-16)31-13-15-2-1-3-19(10-15)34-24(26,27)28/h1-3,8-12,14,17-18H,4-7,13,29H2,(H,30,31)(H,32,33)/t17-,18-. The molecule has 0 atom stereocenters. The quantitative estimate of drug-likeness (QED) is 0.376. The molecule has 0 bridgehead atoms. The zero-order chi connectivity index (χ0) is 24.1. The first-order valence-corrected chi connectivity index (χ1v) is 11.4. The summed E-state index contributed by atoms with van der Waals surface area (Å²) >= 11 is 6.43. The molecule has 2 heterocycles. The van der Waals surface area contributed by atoms with Crippen LogP contribution in [0, 0.1) is 0 Å². The summed E-state index contributed by atoms with van der Waals surface area (Å²) in [6.45, 7) is 0.270. The molecule has 0 amide bonds. The van der Waals surface area contributed by atoms with Crippen molar-refractivity contribution in [3.05, 3.63) is 65.4 Å². The Morgan fingerprint density at radius 1 is 1.03 bits per heavy atom. The maximum Gasteiger partial charge on any atom is 0.573 e. The lowest BCUT2D eigenvalue weighted by molar-refractivity contribution is -0.274. The van der Waals surface area contributed by atoms with E-state index in [1.807, 2.05) is 18.2 Å². The Hall–Kier alpha value is -3.04. The Morgan fingerprint density at radius 2 is 1.82 bits per heavy atom. The van der Waals surface area contributed by atoms with Gasteiger partial charge in [0.05, 0.1) is 5.02 Å². The molecule has 0 aliphatic heterocycles. The number of pyridine rings is 2. The number of ether oxygens (including phenoxy) is 1. The zero-order valence-corrected chi connectivity index (χ0v) is 19.0. The van der Waals surface area contributed by atoms with Crippen molar-refractivity contribution in [2.45, 2.75) is 50.7 Å². The summed E-state index contributed by atoms with van der Waals surface area (Å²) in [6, 6.07) is 12.0. The molecular weight excluding hydrogens is 467 g/mol. The summed E-state index contributed by atoms with van der Waals surface area (Å²) in [7, 11) is 0. The summed E-state index contributed by atoms with van der Waals surface area (Å²) in [6.07, 6.45) is 2.51. The van der Waals surface area contributed by atoms with Crippen LogP contribution in [0.25, 0.3) is 11.1 Å². The van der Waals surface area contributed by atoms with Crippen molar-refractivity contribution in [1.82, 2.24) is 9.97 Å². The van der Waals surface area contributed by atoms with Gasteiger partial charge < -0.3 is 21.1 Å². The first-order valence-electron chi connectivity index (χ1n) is 11.0. The maximum absolute atomic E-state index is 12.5. The number of hydrogen-bond acceptors (Lipinski definition) is 6. The third kappa shape index (κ3) is 6.74. The lowest BCUT2D eigenvalue weighted by Gasteiger charge is -2.27. The van der Waals surface area contributed by atoms with Gasteiger partial charge in [-0.15, -0.1) is 13.2 Å². The number of nitrogens with two attached hydrogens (primary N) is 1. The molecule has 0 spiro atoms. The van der Waals surface area contributed by atoms with Crippen molar-refractivity contribution in [3.8, 4) is 16.9 Å². The van der Waals surface area contributed by atoms with E-state index in [1.165, 1.54) is 18.2 Å². The van der Waals surface area contributed by atoms with Crippen molar-refractivity contribution in [3.63, 3.8) is 0 Å². The van der Waals surface area contributed by atoms with Crippen molar-refractivity contribution < 1.29 is 17.9 Å². The molecule has 0 saturated heterocycles. The summed E-state index contributed by atoms with van der Waals surface area (Å²) in [4.78, 5) is 8.72. The normalized spacial score (nSPS) is 18.4. The largest absolute Gasteiger partial charge is 0.573 e. The van der Waals surface area contributed by atoms with Crippen molar-refractivity contribution in [2.24, 2.45) is 5.73 Å². The predicted molar refractivity (Wildman–Crippen MR) is 127 cm³/mol. The van der Waals surface area contributed by atoms with Crippen molar-refractivity contribution in [1.29, 1.82) is 0 Å². The van der Waals surface area contributed by atoms with E-state index in [4.69, 9.17) is 17.3 Å². The molecule has 6 nitrogen and oxygen atoms in total. The molecule has 1 aromatic carbocycles. The van der Waals surface area contributed by atoms with E-state index in [1.54, 1.807) is 18.5 Å². The Morgan fingerprint density at radius 3 is 2.59 bits per heavy atom. The Kier molecular flexibility index (Phi) is 7.43. The molecule has 0 unspecified atom stereocenters. The third-order valence-corrected chi connectivity index (χ3v) is 5.96. The summed E-state index contributed by atoms with van der Waals surface area (Å²) < 4.78 is 41.4. The van der Waals surface area contributed by atoms with Gasteiger partial charge in [0, 0.05) is 36.6 Å². The van der Waals surface area contributed by atoms with Gasteiger partial charge in [-0.2, -0.15) is 0 Å². The van der Waals surface area contributed by atoms with Crippen LogP contribution in [0.3, 0.4) is 0 Å². The molecule has 1 aliphatic carbocycles. The minimum Gasteiger partial charge on any atom is -0.406 e. The minimum atomic E-state index is -4.73. The highest BCUT2D eigenvalue weighted by molar-refractivity contribution is 6.33. The minimum absolute atomic E-state index is 0.267. The number of rotatable bonds is 7. The van der Waals surface area contributed by atoms with Gasteiger partial charge in [0.2, 0.25) is 0 Å². The molecule has 10 heteroatoms. The average molecular weight is 492 g/mol. The van der Waals surface area contributed by atoms with E-state index in [0.29, 0.717) is 22.4 Å². The van der Waals surface area contributed by atoms with Gasteiger partial charge in [-0.25, -0.2) is 9.97 Å². The molecule has 0 radical (unpaired) electrons. The van der Waals surface area contributed by atoms with Crippen molar-refractivity contribution in [2.75, 3.05) is 10.6 Å². The highest BCUT2D eigenvalue weighted by Gasteiger charge is 2.31. The fraction of sp³-hybridized carbons (Fsp3) is 0.333. The molecule has 2 aromatic heterocycles. The van der Waals surface area contributed by atoms with E-state index in [2.05, 4.69) is 25.3 Å². The van der Waals surface area contributed by atoms with Gasteiger partial charge in [-0.3, -0.25) is 0 Å². The SMILES string of the molecule is N[C@H]1CC[C@H](Nc2cc(-c3ccnc(NCc4cccc(OC(F)(F)F)c4)c3)c(Cl)cn2)CC1. The zero-order valence-electron chi connectivity index (χ0n) is 18.3. The molecule has 1 fully saturated rings. The number of alkyl halides is 3. The predicted octanol–water partition coefficient (Wildman–Crippen LogP) is 5.99. The van der Waals surface area contributed by atoms with E-state index >= 15 is 0 Å². The number of halogens is 4. The number of anilines is 2. The van der Waals surface area contributed by atoms with Crippen LogP contribution in [0.4, 0.5) is 24.8 Å². The van der Waals surface area contributed by atoms with Gasteiger partial charge in [0.25, 0.3) is 0 Å². The van der Waals surface area contributed by atoms with E-state index < -0.39 is 6.36 Å². The molecule has 1 saturated carbocycles. The number of nitrogens with zero attached hydrogens (tertiary/aromatic N) is 2. The van der Waals surface area contributed by atoms with Gasteiger partial charge in [-0.1, -0.05) is 23.7 Å². The van der Waals surface area contributed by atoms with Crippen LogP contribution in [-0.2, 0) is 6.54 Å². The van der Waals surface area contributed by atoms with Crippen LogP contribution in [0.2, 0.25) is 5.02 Å². The first kappa shape index (κ1) is 24.1. The van der Waals surface area contributed by atoms with Crippen LogP contribution in [0.1, 0.15) is 31.2 Å². The van der Waals surface area contributed by atoms with Crippen molar-refractivity contribution >= 4 is 23.2 Å². The molecular formula is C24H25ClF3N5O. The van der Waals surface area contributed by atoms with Gasteiger partial charge in [0.1, 0.15) is 17.4 Å². The van der Waals surface area contributed by atoms with Crippen LogP contribution in [-0.4, -0.2) is 28.4 Å². The third-order valence-electron chi connectivity index (χ3n) is 5.66. The second-order valence-electron chi connectivity index (χ2n) is 8.28. The van der Waals surface area contributed by atoms with Crippen LogP contribution in [0.5, 0.6) is 5.75 Å². The topological polar surface area (TPSA) is 85.1 Å². The molecule has 4 N–H and O–H groups in total. The monoisotopic (exact) mass is 491 g/mol. The number of aromatic nitrogens is 2.